The normalized spacial score (nSPS) is 20.5. The first-order valence-electron chi connectivity index (χ1n) is 19.2. The molecule has 0 saturated carbocycles. The van der Waals surface area contributed by atoms with Crippen LogP contribution in [0, 0.1) is 23.7 Å². The molecule has 1 fully saturated rings. The maximum atomic E-state index is 14.3. The number of likely N-dealkylation sites (N-methyl/N-ethyl adjacent to an activating group) is 2. The number of hydrogen-bond donors (Lipinski definition) is 4. The Morgan fingerprint density at radius 1 is 0.904 bits per heavy atom. The maximum Gasteiger partial charge on any atom is 0.245 e. The van der Waals surface area contributed by atoms with E-state index >= 15 is 0 Å². The second-order valence-corrected chi connectivity index (χ2v) is 15.1. The molecule has 12 heteroatoms. The van der Waals surface area contributed by atoms with Crippen molar-refractivity contribution in [3.8, 4) is 0 Å². The van der Waals surface area contributed by atoms with Crippen LogP contribution >= 0.6 is 0 Å². The minimum Gasteiger partial charge on any atom is -0.386 e. The van der Waals surface area contributed by atoms with E-state index in [4.69, 9.17) is 9.47 Å². The quantitative estimate of drug-likeness (QED) is 0.149. The van der Waals surface area contributed by atoms with E-state index in [9.17, 15) is 24.3 Å². The Morgan fingerprint density at radius 3 is 2.04 bits per heavy atom. The van der Waals surface area contributed by atoms with Crippen LogP contribution in [0.15, 0.2) is 30.3 Å². The molecule has 0 radical (unpaired) electrons. The fraction of sp³-hybridized carbons (Fsp3) is 0.750. The van der Waals surface area contributed by atoms with Gasteiger partial charge in [0.25, 0.3) is 0 Å². The summed E-state index contributed by atoms with van der Waals surface area (Å²) in [5, 5.41) is 19.9. The van der Waals surface area contributed by atoms with E-state index in [0.717, 1.165) is 12.8 Å². The molecule has 1 aromatic carbocycles. The van der Waals surface area contributed by atoms with Gasteiger partial charge in [-0.3, -0.25) is 19.2 Å². The molecule has 12 nitrogen and oxygen atoms in total. The zero-order valence-corrected chi connectivity index (χ0v) is 33.8. The largest absolute Gasteiger partial charge is 0.386 e. The Kier molecular flexibility index (Phi) is 18.7. The van der Waals surface area contributed by atoms with Crippen molar-refractivity contribution >= 4 is 23.6 Å². The number of benzene rings is 1. The summed E-state index contributed by atoms with van der Waals surface area (Å²) in [6.07, 6.45) is 0.841. The summed E-state index contributed by atoms with van der Waals surface area (Å²) in [4.78, 5) is 58.7. The molecule has 52 heavy (non-hydrogen) atoms. The SMILES string of the molecule is CCC(C)C(NC(=O)C(NC)C(C)C)C(=O)N(C)C(C(C)CC)C(CC(=O)N1CCCC1C(OC)C(C)C(=O)NC(C)C(O)c1ccccc1)OC. The number of methoxy groups -OCH3 is 2. The molecule has 1 aliphatic heterocycles. The van der Waals surface area contributed by atoms with E-state index < -0.39 is 48.4 Å². The average molecular weight is 732 g/mol. The summed E-state index contributed by atoms with van der Waals surface area (Å²) >= 11 is 0. The third kappa shape index (κ3) is 11.5. The van der Waals surface area contributed by atoms with Gasteiger partial charge in [-0.05, 0) is 50.1 Å². The fourth-order valence-electron chi connectivity index (χ4n) is 7.59. The highest BCUT2D eigenvalue weighted by atomic mass is 16.5. The van der Waals surface area contributed by atoms with Crippen molar-refractivity contribution in [3.63, 3.8) is 0 Å². The second kappa shape index (κ2) is 21.6. The van der Waals surface area contributed by atoms with Crippen LogP contribution in [0.4, 0.5) is 0 Å². The maximum absolute atomic E-state index is 14.3. The Morgan fingerprint density at radius 2 is 1.52 bits per heavy atom. The highest BCUT2D eigenvalue weighted by molar-refractivity contribution is 5.90. The number of aliphatic hydroxyl groups excluding tert-OH is 1. The Hall–Kier alpha value is -3.06. The summed E-state index contributed by atoms with van der Waals surface area (Å²) in [6, 6.07) is 6.69. The highest BCUT2D eigenvalue weighted by Crippen LogP contribution is 2.30. The number of likely N-dealkylation sites (tertiary alicyclic amines) is 1. The van der Waals surface area contributed by atoms with E-state index in [1.807, 2.05) is 71.9 Å². The van der Waals surface area contributed by atoms with E-state index in [2.05, 4.69) is 16.0 Å². The predicted molar refractivity (Wildman–Crippen MR) is 204 cm³/mol. The van der Waals surface area contributed by atoms with Crippen molar-refractivity contribution in [1.82, 2.24) is 25.8 Å². The van der Waals surface area contributed by atoms with Crippen molar-refractivity contribution in [2.45, 2.75) is 136 Å². The zero-order valence-electron chi connectivity index (χ0n) is 33.8. The topological polar surface area (TPSA) is 150 Å². The van der Waals surface area contributed by atoms with Crippen molar-refractivity contribution in [2.75, 3.05) is 34.9 Å². The number of rotatable bonds is 21. The van der Waals surface area contributed by atoms with Crippen LogP contribution in [-0.2, 0) is 28.7 Å². The standard InChI is InChI=1S/C40H69N5O7/c1-13-25(5)34(43-39(49)33(41-9)24(3)4)40(50)44(10)35(26(6)14-2)31(51-11)23-32(46)45-22-18-21-30(45)37(52-12)27(7)38(48)42-28(8)36(47)29-19-16-15-17-20-29/h15-17,19-20,24-28,30-31,33-37,41,47H,13-14,18,21-23H2,1-12H3,(H,42,48)(H,43,49). The Balaban J connectivity index is 2.26. The number of amides is 4. The van der Waals surface area contributed by atoms with Crippen LogP contribution in [0.25, 0.3) is 0 Å². The Labute approximate surface area is 313 Å². The highest BCUT2D eigenvalue weighted by Gasteiger charge is 2.43. The van der Waals surface area contributed by atoms with E-state index in [0.29, 0.717) is 24.9 Å². The van der Waals surface area contributed by atoms with Gasteiger partial charge in [0.15, 0.2) is 0 Å². The molecule has 1 aromatic rings. The van der Waals surface area contributed by atoms with Crippen LogP contribution in [0.5, 0.6) is 0 Å². The molecule has 2 rings (SSSR count). The second-order valence-electron chi connectivity index (χ2n) is 15.1. The number of hydrogen-bond acceptors (Lipinski definition) is 8. The number of carbonyl (C=O) groups excluding carboxylic acids is 4. The summed E-state index contributed by atoms with van der Waals surface area (Å²) in [7, 11) is 6.60. The number of nitrogens with zero attached hydrogens (tertiary/aromatic N) is 2. The van der Waals surface area contributed by atoms with Gasteiger partial charge in [-0.25, -0.2) is 0 Å². The fourth-order valence-corrected chi connectivity index (χ4v) is 7.59. The van der Waals surface area contributed by atoms with E-state index in [-0.39, 0.29) is 53.8 Å². The molecule has 1 heterocycles. The van der Waals surface area contributed by atoms with Gasteiger partial charge in [0.1, 0.15) is 6.04 Å². The molecule has 11 atom stereocenters. The van der Waals surface area contributed by atoms with Crippen molar-refractivity contribution in [3.05, 3.63) is 35.9 Å². The van der Waals surface area contributed by atoms with Crippen molar-refractivity contribution in [1.29, 1.82) is 0 Å². The molecule has 0 spiro atoms. The van der Waals surface area contributed by atoms with Gasteiger partial charge in [-0.1, -0.05) is 91.6 Å². The number of aliphatic hydroxyl groups is 1. The van der Waals surface area contributed by atoms with Crippen LogP contribution < -0.4 is 16.0 Å². The Bertz CT molecular complexity index is 1270. The lowest BCUT2D eigenvalue weighted by atomic mass is 9.89. The molecule has 4 amide bonds. The summed E-state index contributed by atoms with van der Waals surface area (Å²) < 4.78 is 11.9. The first-order chi connectivity index (χ1) is 24.6. The van der Waals surface area contributed by atoms with Gasteiger partial charge in [0.05, 0.1) is 54.8 Å². The van der Waals surface area contributed by atoms with Crippen molar-refractivity contribution in [2.24, 2.45) is 23.7 Å². The first kappa shape index (κ1) is 45.1. The third-order valence-electron chi connectivity index (χ3n) is 11.3. The molecule has 4 N–H and O–H groups in total. The minimum atomic E-state index is -0.876. The van der Waals surface area contributed by atoms with Gasteiger partial charge < -0.3 is 40.3 Å². The lowest BCUT2D eigenvalue weighted by Gasteiger charge is -2.41. The van der Waals surface area contributed by atoms with Gasteiger partial charge in [0.2, 0.25) is 23.6 Å². The molecule has 0 bridgehead atoms. The predicted octanol–water partition coefficient (Wildman–Crippen LogP) is 3.92. The lowest BCUT2D eigenvalue weighted by molar-refractivity contribution is -0.148. The van der Waals surface area contributed by atoms with Crippen molar-refractivity contribution < 1.29 is 33.8 Å². The smallest absolute Gasteiger partial charge is 0.245 e. The van der Waals surface area contributed by atoms with E-state index in [1.54, 1.807) is 52.0 Å². The van der Waals surface area contributed by atoms with E-state index in [1.165, 1.54) is 0 Å². The van der Waals surface area contributed by atoms with Crippen LogP contribution in [0.2, 0.25) is 0 Å². The van der Waals surface area contributed by atoms with Gasteiger partial charge in [-0.15, -0.1) is 0 Å². The van der Waals surface area contributed by atoms with Crippen LogP contribution in [0.3, 0.4) is 0 Å². The molecular weight excluding hydrogens is 662 g/mol. The lowest BCUT2D eigenvalue weighted by Crippen LogP contribution is -2.60. The summed E-state index contributed by atoms with van der Waals surface area (Å²) in [5.41, 5.74) is 0.711. The summed E-state index contributed by atoms with van der Waals surface area (Å²) in [6.45, 7) is 16.0. The molecule has 1 aliphatic rings. The first-order valence-corrected chi connectivity index (χ1v) is 19.2. The minimum absolute atomic E-state index is 0.0150. The van der Waals surface area contributed by atoms with Crippen LogP contribution in [-0.4, -0.2) is 116 Å². The van der Waals surface area contributed by atoms with Gasteiger partial charge in [0, 0.05) is 27.8 Å². The number of carbonyl (C=O) groups is 4. The molecule has 0 aromatic heterocycles. The average Bonchev–Trinajstić information content (AvgIpc) is 3.62. The monoisotopic (exact) mass is 732 g/mol. The molecule has 0 aliphatic carbocycles. The molecular formula is C40H69N5O7. The third-order valence-corrected chi connectivity index (χ3v) is 11.3. The number of nitrogens with one attached hydrogen (secondary N) is 3. The molecule has 1 saturated heterocycles. The molecule has 11 unspecified atom stereocenters. The zero-order chi connectivity index (χ0) is 39.3. The van der Waals surface area contributed by atoms with Crippen LogP contribution in [0.1, 0.15) is 99.2 Å². The number of ether oxygens (including phenoxy) is 2. The summed E-state index contributed by atoms with van der Waals surface area (Å²) in [5.74, 6) is -1.54. The van der Waals surface area contributed by atoms with Gasteiger partial charge in [-0.2, -0.15) is 0 Å². The van der Waals surface area contributed by atoms with Gasteiger partial charge >= 0.3 is 0 Å². The molecule has 296 valence electrons.